The Bertz CT molecular complexity index is 842. The molecule has 0 aliphatic carbocycles. The molecular formula is C20H19N3O4. The van der Waals surface area contributed by atoms with Crippen LogP contribution in [0, 0.1) is 11.3 Å². The van der Waals surface area contributed by atoms with Gasteiger partial charge in [-0.3, -0.25) is 9.59 Å². The highest BCUT2D eigenvalue weighted by molar-refractivity contribution is 5.94. The van der Waals surface area contributed by atoms with Crippen LogP contribution >= 0.6 is 0 Å². The van der Waals surface area contributed by atoms with Crippen molar-refractivity contribution in [2.75, 3.05) is 11.9 Å². The molecule has 0 spiro atoms. The number of carbonyl (C=O) groups is 3. The number of hydrogen-bond donors (Lipinski definition) is 2. The van der Waals surface area contributed by atoms with Crippen molar-refractivity contribution in [3.8, 4) is 6.07 Å². The van der Waals surface area contributed by atoms with Crippen LogP contribution in [0.4, 0.5) is 5.69 Å². The van der Waals surface area contributed by atoms with Crippen molar-refractivity contribution in [2.24, 2.45) is 0 Å². The second-order valence-electron chi connectivity index (χ2n) is 5.74. The molecule has 0 bridgehead atoms. The average molecular weight is 365 g/mol. The zero-order valence-electron chi connectivity index (χ0n) is 14.8. The monoisotopic (exact) mass is 365 g/mol. The lowest BCUT2D eigenvalue weighted by molar-refractivity contribution is -0.124. The Balaban J connectivity index is 1.82. The number of esters is 1. The van der Waals surface area contributed by atoms with Crippen molar-refractivity contribution in [2.45, 2.75) is 19.4 Å². The van der Waals surface area contributed by atoms with Crippen LogP contribution in [0.1, 0.15) is 35.3 Å². The van der Waals surface area contributed by atoms with Crippen molar-refractivity contribution < 1.29 is 19.1 Å². The van der Waals surface area contributed by atoms with E-state index in [2.05, 4.69) is 10.6 Å². The van der Waals surface area contributed by atoms with Crippen LogP contribution in [-0.2, 0) is 14.3 Å². The Kier molecular flexibility index (Phi) is 7.08. The molecule has 2 aromatic rings. The van der Waals surface area contributed by atoms with Crippen molar-refractivity contribution in [3.05, 3.63) is 65.7 Å². The molecular weight excluding hydrogens is 346 g/mol. The van der Waals surface area contributed by atoms with E-state index in [1.807, 2.05) is 37.3 Å². The normalized spacial score (nSPS) is 11.0. The Morgan fingerprint density at radius 3 is 2.33 bits per heavy atom. The van der Waals surface area contributed by atoms with Gasteiger partial charge in [0, 0.05) is 5.69 Å². The van der Waals surface area contributed by atoms with Gasteiger partial charge in [-0.15, -0.1) is 0 Å². The second-order valence-corrected chi connectivity index (χ2v) is 5.74. The maximum absolute atomic E-state index is 12.0. The highest BCUT2D eigenvalue weighted by Gasteiger charge is 2.13. The standard InChI is InChI=1S/C20H19N3O4/c1-14(15-5-3-2-4-6-15)22-19(25)13-27-20(26)16-7-9-17(10-8-16)23-18(24)11-12-21/h2-10,14H,11,13H2,1H3,(H,22,25)(H,23,24). The molecule has 27 heavy (non-hydrogen) atoms. The van der Waals surface area contributed by atoms with Crippen LogP contribution in [0.5, 0.6) is 0 Å². The summed E-state index contributed by atoms with van der Waals surface area (Å²) in [5.41, 5.74) is 1.66. The molecule has 2 N–H and O–H groups in total. The summed E-state index contributed by atoms with van der Waals surface area (Å²) in [7, 11) is 0. The molecule has 2 amide bonds. The lowest BCUT2D eigenvalue weighted by Gasteiger charge is -2.14. The summed E-state index contributed by atoms with van der Waals surface area (Å²) in [6.45, 7) is 1.45. The number of nitrogens with one attached hydrogen (secondary N) is 2. The van der Waals surface area contributed by atoms with Crippen LogP contribution in [0.15, 0.2) is 54.6 Å². The quantitative estimate of drug-likeness (QED) is 0.733. The number of benzene rings is 2. The Labute approximate surface area is 156 Å². The largest absolute Gasteiger partial charge is 0.452 e. The summed E-state index contributed by atoms with van der Waals surface area (Å²) < 4.78 is 5.00. The van der Waals surface area contributed by atoms with Gasteiger partial charge < -0.3 is 15.4 Å². The van der Waals surface area contributed by atoms with E-state index in [1.54, 1.807) is 6.07 Å². The molecule has 1 unspecified atom stereocenters. The summed E-state index contributed by atoms with van der Waals surface area (Å²) in [5, 5.41) is 13.7. The third kappa shape index (κ3) is 6.29. The lowest BCUT2D eigenvalue weighted by atomic mass is 10.1. The van der Waals surface area contributed by atoms with Crippen molar-refractivity contribution in [1.82, 2.24) is 5.32 Å². The van der Waals surface area contributed by atoms with Crippen LogP contribution in [0.2, 0.25) is 0 Å². The number of amides is 2. The second kappa shape index (κ2) is 9.73. The first-order chi connectivity index (χ1) is 13.0. The van der Waals surface area contributed by atoms with Gasteiger partial charge in [0.1, 0.15) is 6.42 Å². The first kappa shape index (κ1) is 19.7. The average Bonchev–Trinajstić information content (AvgIpc) is 2.67. The molecule has 0 saturated carbocycles. The van der Waals surface area contributed by atoms with Gasteiger partial charge >= 0.3 is 5.97 Å². The zero-order chi connectivity index (χ0) is 19.6. The molecule has 0 aromatic heterocycles. The number of nitriles is 1. The van der Waals surface area contributed by atoms with Gasteiger partial charge in [-0.05, 0) is 36.8 Å². The number of nitrogens with zero attached hydrogens (tertiary/aromatic N) is 1. The SMILES string of the molecule is CC(NC(=O)COC(=O)c1ccc(NC(=O)CC#N)cc1)c1ccccc1. The summed E-state index contributed by atoms with van der Waals surface area (Å²) in [6.07, 6.45) is -0.250. The Morgan fingerprint density at radius 2 is 1.70 bits per heavy atom. The zero-order valence-corrected chi connectivity index (χ0v) is 14.8. The minimum Gasteiger partial charge on any atom is -0.452 e. The van der Waals surface area contributed by atoms with Gasteiger partial charge in [0.25, 0.3) is 5.91 Å². The van der Waals surface area contributed by atoms with Gasteiger partial charge in [0.2, 0.25) is 5.91 Å². The molecule has 138 valence electrons. The van der Waals surface area contributed by atoms with Crippen molar-refractivity contribution in [1.29, 1.82) is 5.26 Å². The Morgan fingerprint density at radius 1 is 1.04 bits per heavy atom. The minimum atomic E-state index is -0.646. The molecule has 2 rings (SSSR count). The van der Waals surface area contributed by atoms with Gasteiger partial charge in [0.05, 0.1) is 17.7 Å². The van der Waals surface area contributed by atoms with E-state index in [9.17, 15) is 14.4 Å². The van der Waals surface area contributed by atoms with Crippen molar-refractivity contribution >= 4 is 23.5 Å². The molecule has 0 saturated heterocycles. The maximum Gasteiger partial charge on any atom is 0.338 e. The fraction of sp³-hybridized carbons (Fsp3) is 0.200. The highest BCUT2D eigenvalue weighted by Crippen LogP contribution is 2.12. The number of anilines is 1. The van der Waals surface area contributed by atoms with E-state index in [0.29, 0.717) is 5.69 Å². The highest BCUT2D eigenvalue weighted by atomic mass is 16.5. The molecule has 0 radical (unpaired) electrons. The molecule has 0 heterocycles. The molecule has 1 atom stereocenters. The van der Waals surface area contributed by atoms with Gasteiger partial charge in [-0.1, -0.05) is 30.3 Å². The van der Waals surface area contributed by atoms with E-state index < -0.39 is 24.4 Å². The topological polar surface area (TPSA) is 108 Å². The van der Waals surface area contributed by atoms with E-state index >= 15 is 0 Å². The summed E-state index contributed by atoms with van der Waals surface area (Å²) >= 11 is 0. The fourth-order valence-corrected chi connectivity index (χ4v) is 2.29. The third-order valence-electron chi connectivity index (χ3n) is 3.66. The molecule has 7 nitrogen and oxygen atoms in total. The van der Waals surface area contributed by atoms with Gasteiger partial charge in [0.15, 0.2) is 6.61 Å². The third-order valence-corrected chi connectivity index (χ3v) is 3.66. The first-order valence-electron chi connectivity index (χ1n) is 8.28. The molecule has 2 aromatic carbocycles. The van der Waals surface area contributed by atoms with Gasteiger partial charge in [-0.2, -0.15) is 5.26 Å². The van der Waals surface area contributed by atoms with E-state index in [0.717, 1.165) is 5.56 Å². The molecule has 0 fully saturated rings. The number of carbonyl (C=O) groups excluding carboxylic acids is 3. The predicted molar refractivity (Wildman–Crippen MR) is 98.6 cm³/mol. The number of rotatable bonds is 7. The van der Waals surface area contributed by atoms with E-state index in [4.69, 9.17) is 10.00 Å². The van der Waals surface area contributed by atoms with Crippen molar-refractivity contribution in [3.63, 3.8) is 0 Å². The predicted octanol–water partition coefficient (Wildman–Crippen LogP) is 2.57. The van der Waals surface area contributed by atoms with Crippen LogP contribution in [0.3, 0.4) is 0 Å². The first-order valence-corrected chi connectivity index (χ1v) is 8.28. The van der Waals surface area contributed by atoms with E-state index in [-0.39, 0.29) is 18.0 Å². The molecule has 7 heteroatoms. The van der Waals surface area contributed by atoms with Crippen LogP contribution in [-0.4, -0.2) is 24.4 Å². The molecule has 0 aliphatic rings. The molecule has 0 aliphatic heterocycles. The van der Waals surface area contributed by atoms with Crippen LogP contribution in [0.25, 0.3) is 0 Å². The maximum atomic E-state index is 12.0. The van der Waals surface area contributed by atoms with E-state index in [1.165, 1.54) is 24.3 Å². The fourth-order valence-electron chi connectivity index (χ4n) is 2.29. The lowest BCUT2D eigenvalue weighted by Crippen LogP contribution is -2.31. The summed E-state index contributed by atoms with van der Waals surface area (Å²) in [6, 6.07) is 17.0. The summed E-state index contributed by atoms with van der Waals surface area (Å²) in [4.78, 5) is 35.3. The smallest absolute Gasteiger partial charge is 0.338 e. The summed E-state index contributed by atoms with van der Waals surface area (Å²) in [5.74, 6) is -1.48. The minimum absolute atomic E-state index is 0.200. The Hall–Kier alpha value is -3.66. The van der Waals surface area contributed by atoms with Crippen LogP contribution < -0.4 is 10.6 Å². The number of ether oxygens (including phenoxy) is 1. The number of hydrogen-bond acceptors (Lipinski definition) is 5. The van der Waals surface area contributed by atoms with Gasteiger partial charge in [-0.25, -0.2) is 4.79 Å².